The Kier molecular flexibility index (Phi) is 8.39. The molecule has 0 fully saturated rings. The van der Waals surface area contributed by atoms with Gasteiger partial charge in [0.2, 0.25) is 5.91 Å². The van der Waals surface area contributed by atoms with Gasteiger partial charge in [-0.15, -0.1) is 15.7 Å². The smallest absolute Gasteiger partial charge is 0.255 e. The maximum absolute atomic E-state index is 13.1. The van der Waals surface area contributed by atoms with E-state index in [1.165, 1.54) is 17.4 Å². The van der Waals surface area contributed by atoms with Gasteiger partial charge in [-0.2, -0.15) is 0 Å². The highest BCUT2D eigenvalue weighted by molar-refractivity contribution is 7.92. The fourth-order valence-corrected chi connectivity index (χ4v) is 4.68. The predicted molar refractivity (Wildman–Crippen MR) is 99.5 cm³/mol. The van der Waals surface area contributed by atoms with Gasteiger partial charge in [0, 0.05) is 18.2 Å². The minimum absolute atomic E-state index is 0.203. The summed E-state index contributed by atoms with van der Waals surface area (Å²) in [6.07, 6.45) is 1.77. The molecule has 1 N–H and O–H groups in total. The number of hydrogen-bond donors (Lipinski definition) is 1. The summed E-state index contributed by atoms with van der Waals surface area (Å²) in [4.78, 5) is 24.4. The molecular weight excluding hydrogens is 368 g/mol. The van der Waals surface area contributed by atoms with E-state index in [-0.39, 0.29) is 23.6 Å². The van der Waals surface area contributed by atoms with Crippen molar-refractivity contribution in [3.63, 3.8) is 0 Å². The van der Waals surface area contributed by atoms with Crippen molar-refractivity contribution in [2.75, 3.05) is 0 Å². The van der Waals surface area contributed by atoms with Gasteiger partial charge < -0.3 is 0 Å². The van der Waals surface area contributed by atoms with Crippen LogP contribution >= 0.6 is 22.9 Å². The van der Waals surface area contributed by atoms with Gasteiger partial charge in [0.1, 0.15) is 0 Å². The van der Waals surface area contributed by atoms with E-state index in [1.54, 1.807) is 5.38 Å². The van der Waals surface area contributed by atoms with E-state index < -0.39 is 15.8 Å². The number of nitrogens with one attached hydrogen (secondary N) is 1. The number of carbonyl (C=O) groups excluding carboxylic acids is 2. The molecule has 1 unspecified atom stereocenters. The van der Waals surface area contributed by atoms with Crippen LogP contribution in [0.5, 0.6) is 0 Å². The Balaban J connectivity index is 3.02. The summed E-state index contributed by atoms with van der Waals surface area (Å²) in [7, 11) is -3.34. The van der Waals surface area contributed by atoms with Crippen LogP contribution in [0.2, 0.25) is 4.34 Å². The molecule has 2 amide bonds. The quantitative estimate of drug-likeness (QED) is 0.698. The number of rotatable bonds is 8. The molecule has 1 heterocycles. The molecule has 1 aromatic heterocycles. The van der Waals surface area contributed by atoms with Crippen molar-refractivity contribution in [3.8, 4) is 0 Å². The first-order valence-electron chi connectivity index (χ1n) is 7.97. The Bertz CT molecular complexity index is 689. The highest BCUT2D eigenvalue weighted by atomic mass is 35.5. The first-order chi connectivity index (χ1) is 11.1. The maximum atomic E-state index is 13.1. The van der Waals surface area contributed by atoms with Crippen molar-refractivity contribution in [1.29, 1.82) is 0 Å². The van der Waals surface area contributed by atoms with Crippen LogP contribution < -0.4 is 4.72 Å². The molecule has 0 aliphatic carbocycles. The summed E-state index contributed by atoms with van der Waals surface area (Å²) >= 11 is 7.08. The summed E-state index contributed by atoms with van der Waals surface area (Å²) in [5, 5.41) is 1.56. The van der Waals surface area contributed by atoms with Gasteiger partial charge in [-0.05, 0) is 30.7 Å². The second-order valence-corrected chi connectivity index (χ2v) is 9.94. The molecule has 5 nitrogen and oxygen atoms in total. The molecular formula is C16H25ClN2O3S2. The molecule has 136 valence electrons. The topological polar surface area (TPSA) is 75.6 Å². The van der Waals surface area contributed by atoms with Gasteiger partial charge in [-0.3, -0.25) is 14.3 Å². The number of carbonyl (C=O) groups is 2. The molecule has 0 saturated carbocycles. The van der Waals surface area contributed by atoms with Gasteiger partial charge in [0.05, 0.1) is 9.23 Å². The number of amides is 2. The van der Waals surface area contributed by atoms with E-state index >= 15 is 0 Å². The summed E-state index contributed by atoms with van der Waals surface area (Å²) in [5.74, 6) is -0.153. The molecule has 1 aromatic rings. The zero-order valence-corrected chi connectivity index (χ0v) is 16.9. The standard InChI is InChI=1S/C16H25ClN2O3S2/c1-11(2)5-7-15(20)18-24(22,13-9-14(17)23-10-13)19-16(21)8-6-12(3)4/h9-12H,5-8H2,1-4H3,(H,18,19,20,21,22). The largest absolute Gasteiger partial charge is 0.274 e. The first kappa shape index (κ1) is 21.1. The highest BCUT2D eigenvalue weighted by Crippen LogP contribution is 2.25. The van der Waals surface area contributed by atoms with E-state index in [0.29, 0.717) is 29.0 Å². The molecule has 0 saturated heterocycles. The van der Waals surface area contributed by atoms with Crippen molar-refractivity contribution >= 4 is 44.7 Å². The Hall–Kier alpha value is -0.920. The van der Waals surface area contributed by atoms with E-state index in [0.717, 1.165) is 0 Å². The lowest BCUT2D eigenvalue weighted by Crippen LogP contribution is -2.31. The Morgan fingerprint density at radius 2 is 1.79 bits per heavy atom. The SMILES string of the molecule is CC(C)CCC(=O)N=S(=O)(NC(=O)CCC(C)C)c1csc(Cl)c1. The second kappa shape index (κ2) is 9.53. The minimum Gasteiger partial charge on any atom is -0.274 e. The number of hydrogen-bond acceptors (Lipinski definition) is 4. The van der Waals surface area contributed by atoms with Gasteiger partial charge in [0.25, 0.3) is 5.91 Å². The van der Waals surface area contributed by atoms with Crippen LogP contribution in [0, 0.1) is 11.8 Å². The minimum atomic E-state index is -3.34. The second-order valence-electron chi connectivity index (χ2n) is 6.49. The number of thiophene rings is 1. The van der Waals surface area contributed by atoms with E-state index in [2.05, 4.69) is 9.08 Å². The van der Waals surface area contributed by atoms with Gasteiger partial charge >= 0.3 is 0 Å². The lowest BCUT2D eigenvalue weighted by atomic mass is 10.1. The van der Waals surface area contributed by atoms with Crippen molar-refractivity contribution in [1.82, 2.24) is 4.72 Å². The molecule has 0 bridgehead atoms. The third-order valence-electron chi connectivity index (χ3n) is 3.23. The fourth-order valence-electron chi connectivity index (χ4n) is 1.80. The van der Waals surface area contributed by atoms with Crippen LogP contribution in [0.4, 0.5) is 0 Å². The summed E-state index contributed by atoms with van der Waals surface area (Å²) in [6, 6.07) is 1.48. The van der Waals surface area contributed by atoms with Crippen molar-refractivity contribution in [2.45, 2.75) is 58.3 Å². The molecule has 24 heavy (non-hydrogen) atoms. The average molecular weight is 393 g/mol. The molecule has 0 aromatic carbocycles. The third-order valence-corrected chi connectivity index (χ3v) is 6.31. The van der Waals surface area contributed by atoms with Crippen molar-refractivity contribution < 1.29 is 13.8 Å². The van der Waals surface area contributed by atoms with Gasteiger partial charge in [0.15, 0.2) is 9.92 Å². The van der Waals surface area contributed by atoms with Crippen LogP contribution in [0.3, 0.4) is 0 Å². The predicted octanol–water partition coefficient (Wildman–Crippen LogP) is 4.66. The normalized spacial score (nSPS) is 13.8. The van der Waals surface area contributed by atoms with E-state index in [4.69, 9.17) is 11.6 Å². The Labute approximate surface area is 153 Å². The molecule has 0 aliphatic rings. The van der Waals surface area contributed by atoms with Crippen molar-refractivity contribution in [2.24, 2.45) is 16.2 Å². The summed E-state index contributed by atoms with van der Waals surface area (Å²) in [5.41, 5.74) is 0. The monoisotopic (exact) mass is 392 g/mol. The van der Waals surface area contributed by atoms with Gasteiger partial charge in [-0.25, -0.2) is 4.21 Å². The fraction of sp³-hybridized carbons (Fsp3) is 0.625. The van der Waals surface area contributed by atoms with E-state index in [9.17, 15) is 13.8 Å². The Morgan fingerprint density at radius 1 is 1.21 bits per heavy atom. The number of nitrogens with zero attached hydrogens (tertiary/aromatic N) is 1. The van der Waals surface area contributed by atoms with E-state index in [1.807, 2.05) is 27.7 Å². The Morgan fingerprint density at radius 3 is 2.29 bits per heavy atom. The molecule has 8 heteroatoms. The molecule has 0 radical (unpaired) electrons. The van der Waals surface area contributed by atoms with Crippen molar-refractivity contribution in [3.05, 3.63) is 15.8 Å². The van der Waals surface area contributed by atoms with Crippen LogP contribution in [0.25, 0.3) is 0 Å². The zero-order valence-electron chi connectivity index (χ0n) is 14.5. The first-order valence-corrected chi connectivity index (χ1v) is 10.7. The molecule has 0 spiro atoms. The third kappa shape index (κ3) is 7.32. The lowest BCUT2D eigenvalue weighted by Gasteiger charge is -2.11. The van der Waals surface area contributed by atoms with Crippen LogP contribution in [0.1, 0.15) is 53.4 Å². The van der Waals surface area contributed by atoms with Crippen LogP contribution in [0.15, 0.2) is 20.7 Å². The number of halogens is 1. The summed E-state index contributed by atoms with van der Waals surface area (Å²) < 4.78 is 19.9. The average Bonchev–Trinajstić information content (AvgIpc) is 2.90. The molecule has 1 rings (SSSR count). The van der Waals surface area contributed by atoms with Gasteiger partial charge in [-0.1, -0.05) is 39.3 Å². The highest BCUT2D eigenvalue weighted by Gasteiger charge is 2.20. The lowest BCUT2D eigenvalue weighted by molar-refractivity contribution is -0.119. The zero-order chi connectivity index (χ0) is 18.3. The molecule has 0 aliphatic heterocycles. The summed E-state index contributed by atoms with van der Waals surface area (Å²) in [6.45, 7) is 8.00. The molecule has 1 atom stereocenters. The maximum Gasteiger partial charge on any atom is 0.255 e. The van der Waals surface area contributed by atoms with Crippen LogP contribution in [-0.2, 0) is 19.5 Å². The van der Waals surface area contributed by atoms with Crippen LogP contribution in [-0.4, -0.2) is 16.0 Å².